The minimum atomic E-state index is 0.296. The quantitative estimate of drug-likeness (QED) is 0.426. The zero-order valence-corrected chi connectivity index (χ0v) is 3.81. The van der Waals surface area contributed by atoms with Gasteiger partial charge in [-0.05, 0) is 19.8 Å². The Morgan fingerprint density at radius 3 is 2.67 bits per heavy atom. The van der Waals surface area contributed by atoms with Crippen molar-refractivity contribution < 1.29 is 4.74 Å². The molecule has 0 aliphatic carbocycles. The molecule has 1 aliphatic heterocycles. The smallest absolute Gasteiger partial charge is 0.0577 e. The van der Waals surface area contributed by atoms with Gasteiger partial charge in [-0.25, -0.2) is 0 Å². The van der Waals surface area contributed by atoms with Crippen molar-refractivity contribution in [3.63, 3.8) is 0 Å². The summed E-state index contributed by atoms with van der Waals surface area (Å²) in [5, 5.41) is 0. The van der Waals surface area contributed by atoms with Crippen LogP contribution in [0.3, 0.4) is 0 Å². The zero-order valence-electron chi connectivity index (χ0n) is 3.81. The van der Waals surface area contributed by atoms with Gasteiger partial charge in [0.05, 0.1) is 6.10 Å². The molecule has 1 heteroatoms. The van der Waals surface area contributed by atoms with E-state index < -0.39 is 0 Å². The second kappa shape index (κ2) is 1.61. The number of hydrogen-bond acceptors (Lipinski definition) is 1. The van der Waals surface area contributed by atoms with Crippen LogP contribution in [-0.4, -0.2) is 12.7 Å². The van der Waals surface area contributed by atoms with E-state index in [9.17, 15) is 0 Å². The van der Waals surface area contributed by atoms with E-state index in [-0.39, 0.29) is 0 Å². The van der Waals surface area contributed by atoms with Crippen molar-refractivity contribution in [3.05, 3.63) is 6.92 Å². The summed E-state index contributed by atoms with van der Waals surface area (Å²) < 4.78 is 5.04. The molecular formula is C5H9O. The highest BCUT2D eigenvalue weighted by atomic mass is 16.5. The fraction of sp³-hybridized carbons (Fsp3) is 0.800. The first-order chi connectivity index (χ1) is 2.89. The molecule has 6 heavy (non-hydrogen) atoms. The van der Waals surface area contributed by atoms with E-state index in [2.05, 4.69) is 6.92 Å². The Hall–Kier alpha value is -0.0400. The summed E-state index contributed by atoms with van der Waals surface area (Å²) in [6.07, 6.45) is 2.65. The molecule has 1 radical (unpaired) electrons. The highest BCUT2D eigenvalue weighted by Gasteiger charge is 2.07. The molecule has 1 aliphatic rings. The van der Waals surface area contributed by atoms with Crippen molar-refractivity contribution in [1.29, 1.82) is 0 Å². The van der Waals surface area contributed by atoms with Gasteiger partial charge in [0, 0.05) is 6.61 Å². The summed E-state index contributed by atoms with van der Waals surface area (Å²) in [7, 11) is 0. The molecule has 0 N–H and O–H groups in total. The van der Waals surface area contributed by atoms with E-state index in [1.165, 1.54) is 6.42 Å². The highest BCUT2D eigenvalue weighted by molar-refractivity contribution is 4.64. The van der Waals surface area contributed by atoms with Crippen molar-refractivity contribution in [3.8, 4) is 0 Å². The van der Waals surface area contributed by atoms with Gasteiger partial charge in [-0.1, -0.05) is 0 Å². The van der Waals surface area contributed by atoms with Crippen LogP contribution in [0.15, 0.2) is 0 Å². The van der Waals surface area contributed by atoms with Crippen LogP contribution in [0, 0.1) is 6.92 Å². The second-order valence-corrected chi connectivity index (χ2v) is 1.64. The minimum Gasteiger partial charge on any atom is -0.378 e. The van der Waals surface area contributed by atoms with Gasteiger partial charge in [-0.15, -0.1) is 0 Å². The second-order valence-electron chi connectivity index (χ2n) is 1.64. The fourth-order valence-corrected chi connectivity index (χ4v) is 0.644. The van der Waals surface area contributed by atoms with Crippen LogP contribution in [-0.2, 0) is 4.74 Å². The Morgan fingerprint density at radius 1 is 1.67 bits per heavy atom. The lowest BCUT2D eigenvalue weighted by Crippen LogP contribution is -1.94. The first kappa shape index (κ1) is 4.13. The molecule has 0 aromatic rings. The van der Waals surface area contributed by atoms with Gasteiger partial charge >= 0.3 is 0 Å². The van der Waals surface area contributed by atoms with Crippen LogP contribution in [0.5, 0.6) is 0 Å². The Balaban J connectivity index is 2.18. The number of ether oxygens (including phenoxy) is 1. The average molecular weight is 85.1 g/mol. The van der Waals surface area contributed by atoms with Gasteiger partial charge < -0.3 is 4.74 Å². The number of rotatable bonds is 0. The topological polar surface area (TPSA) is 9.23 Å². The van der Waals surface area contributed by atoms with Gasteiger partial charge in [0.15, 0.2) is 0 Å². The monoisotopic (exact) mass is 85.1 g/mol. The molecule has 1 heterocycles. The standard InChI is InChI=1S/C5H9O/c1-5-3-2-4-6-5/h5H,1-4H2/t5-/m1/s1. The third-order valence-corrected chi connectivity index (χ3v) is 1.02. The Morgan fingerprint density at radius 2 is 2.50 bits per heavy atom. The Labute approximate surface area is 38.3 Å². The molecule has 1 saturated heterocycles. The van der Waals surface area contributed by atoms with Crippen LogP contribution in [0.25, 0.3) is 0 Å². The van der Waals surface area contributed by atoms with Crippen molar-refractivity contribution in [2.75, 3.05) is 6.61 Å². The van der Waals surface area contributed by atoms with Crippen molar-refractivity contribution in [2.24, 2.45) is 0 Å². The minimum absolute atomic E-state index is 0.296. The zero-order chi connectivity index (χ0) is 4.41. The highest BCUT2D eigenvalue weighted by Crippen LogP contribution is 2.08. The molecule has 0 aromatic heterocycles. The van der Waals surface area contributed by atoms with Crippen molar-refractivity contribution >= 4 is 0 Å². The summed E-state index contributed by atoms with van der Waals surface area (Å²) in [4.78, 5) is 0. The molecule has 0 aromatic carbocycles. The number of hydrogen-bond donors (Lipinski definition) is 0. The van der Waals surface area contributed by atoms with Gasteiger partial charge in [0.1, 0.15) is 0 Å². The van der Waals surface area contributed by atoms with Crippen LogP contribution >= 0.6 is 0 Å². The van der Waals surface area contributed by atoms with Crippen LogP contribution in [0.1, 0.15) is 12.8 Å². The molecule has 1 atom stereocenters. The van der Waals surface area contributed by atoms with Gasteiger partial charge in [0.25, 0.3) is 0 Å². The molecule has 0 saturated carbocycles. The molecule has 35 valence electrons. The summed E-state index contributed by atoms with van der Waals surface area (Å²) in [6.45, 7) is 4.64. The van der Waals surface area contributed by atoms with Gasteiger partial charge in [-0.3, -0.25) is 0 Å². The maximum atomic E-state index is 5.04. The lowest BCUT2D eigenvalue weighted by Gasteiger charge is -1.94. The third-order valence-electron chi connectivity index (χ3n) is 1.02. The lowest BCUT2D eigenvalue weighted by atomic mass is 10.3. The first-order valence-corrected chi connectivity index (χ1v) is 2.34. The predicted octanol–water partition coefficient (Wildman–Crippen LogP) is 0.999. The SMILES string of the molecule is [CH2][C@@H]1CCCO1. The molecular weight excluding hydrogens is 76.1 g/mol. The van der Waals surface area contributed by atoms with E-state index in [1.54, 1.807) is 0 Å². The normalized spacial score (nSPS) is 34.5. The maximum absolute atomic E-state index is 5.04. The van der Waals surface area contributed by atoms with Crippen LogP contribution < -0.4 is 0 Å². The fourth-order valence-electron chi connectivity index (χ4n) is 0.644. The third kappa shape index (κ3) is 0.716. The molecule has 1 rings (SSSR count). The Bertz CT molecular complexity index is 37.2. The first-order valence-electron chi connectivity index (χ1n) is 2.34. The van der Waals surface area contributed by atoms with Crippen molar-refractivity contribution in [1.82, 2.24) is 0 Å². The van der Waals surface area contributed by atoms with E-state index in [1.807, 2.05) is 0 Å². The summed E-state index contributed by atoms with van der Waals surface area (Å²) in [5.74, 6) is 0. The van der Waals surface area contributed by atoms with E-state index in [4.69, 9.17) is 4.74 Å². The molecule has 1 nitrogen and oxygen atoms in total. The largest absolute Gasteiger partial charge is 0.378 e. The van der Waals surface area contributed by atoms with Crippen LogP contribution in [0.4, 0.5) is 0 Å². The summed E-state index contributed by atoms with van der Waals surface area (Å²) in [6, 6.07) is 0. The molecule has 0 spiro atoms. The average Bonchev–Trinajstić information content (AvgIpc) is 1.86. The van der Waals surface area contributed by atoms with Crippen molar-refractivity contribution in [2.45, 2.75) is 18.9 Å². The van der Waals surface area contributed by atoms with Gasteiger partial charge in [-0.2, -0.15) is 0 Å². The Kier molecular flexibility index (Phi) is 1.10. The molecule has 1 fully saturated rings. The summed E-state index contributed by atoms with van der Waals surface area (Å²) in [5.41, 5.74) is 0. The summed E-state index contributed by atoms with van der Waals surface area (Å²) >= 11 is 0. The van der Waals surface area contributed by atoms with E-state index in [0.29, 0.717) is 6.10 Å². The van der Waals surface area contributed by atoms with E-state index >= 15 is 0 Å². The van der Waals surface area contributed by atoms with Gasteiger partial charge in [0.2, 0.25) is 0 Å². The predicted molar refractivity (Wildman–Crippen MR) is 24.3 cm³/mol. The maximum Gasteiger partial charge on any atom is 0.0577 e. The molecule has 0 amide bonds. The molecule has 0 unspecified atom stereocenters. The van der Waals surface area contributed by atoms with Crippen LogP contribution in [0.2, 0.25) is 0 Å². The lowest BCUT2D eigenvalue weighted by molar-refractivity contribution is 0.144. The molecule has 0 bridgehead atoms. The van der Waals surface area contributed by atoms with E-state index in [0.717, 1.165) is 13.0 Å².